The minimum atomic E-state index is -1.30. The van der Waals surface area contributed by atoms with Gasteiger partial charge in [0.2, 0.25) is 0 Å². The summed E-state index contributed by atoms with van der Waals surface area (Å²) in [4.78, 5) is 23.0. The lowest BCUT2D eigenvalue weighted by atomic mass is 10.1. The number of carboxylic acid groups (broad SMARTS) is 1. The fourth-order valence-corrected chi connectivity index (χ4v) is 1.82. The Morgan fingerprint density at radius 2 is 1.57 bits per heavy atom. The zero-order valence-corrected chi connectivity index (χ0v) is 11.1. The molecule has 0 saturated carbocycles. The zero-order chi connectivity index (χ0) is 15.6. The molecule has 0 heterocycles. The Morgan fingerprint density at radius 3 is 2.24 bits per heavy atom. The Bertz CT molecular complexity index is 724. The van der Waals surface area contributed by atoms with E-state index in [0.717, 1.165) is 11.6 Å². The molecular weight excluding hydrogens is 274 g/mol. The number of aromatic carboxylic acids is 1. The second-order valence-electron chi connectivity index (χ2n) is 4.51. The van der Waals surface area contributed by atoms with Crippen molar-refractivity contribution in [1.29, 1.82) is 0 Å². The Labute approximate surface area is 120 Å². The van der Waals surface area contributed by atoms with E-state index in [1.807, 2.05) is 0 Å². The fourth-order valence-electron chi connectivity index (χ4n) is 1.82. The first-order chi connectivity index (χ1) is 9.88. The molecule has 6 nitrogen and oxygen atoms in total. The number of carbonyl (C=O) groups is 2. The van der Waals surface area contributed by atoms with Crippen LogP contribution in [0.1, 0.15) is 26.3 Å². The number of carboxylic acids is 1. The molecule has 2 rings (SSSR count). The van der Waals surface area contributed by atoms with Crippen molar-refractivity contribution in [3.05, 3.63) is 53.1 Å². The molecule has 0 saturated heterocycles. The minimum Gasteiger partial charge on any atom is -0.507 e. The molecule has 0 unspecified atom stereocenters. The van der Waals surface area contributed by atoms with E-state index < -0.39 is 11.9 Å². The zero-order valence-electron chi connectivity index (χ0n) is 11.1. The van der Waals surface area contributed by atoms with E-state index in [1.54, 1.807) is 13.0 Å². The van der Waals surface area contributed by atoms with E-state index in [4.69, 9.17) is 5.11 Å². The fraction of sp³-hybridized carbons (Fsp3) is 0.0667. The number of benzene rings is 2. The number of rotatable bonds is 3. The van der Waals surface area contributed by atoms with Gasteiger partial charge < -0.3 is 20.6 Å². The van der Waals surface area contributed by atoms with Crippen LogP contribution in [-0.4, -0.2) is 27.2 Å². The summed E-state index contributed by atoms with van der Waals surface area (Å²) in [6, 6.07) is 8.27. The van der Waals surface area contributed by atoms with Crippen LogP contribution >= 0.6 is 0 Å². The standard InChI is InChI=1S/C15H13NO5/c1-8-2-4-12(17)10(6-8)14(19)16-9-3-5-13(18)11(7-9)15(20)21/h2-7,17-18H,1H3,(H,16,19)(H,20,21). The second-order valence-corrected chi connectivity index (χ2v) is 4.51. The maximum Gasteiger partial charge on any atom is 0.339 e. The van der Waals surface area contributed by atoms with Gasteiger partial charge >= 0.3 is 5.97 Å². The average molecular weight is 287 g/mol. The van der Waals surface area contributed by atoms with Crippen molar-refractivity contribution in [2.24, 2.45) is 0 Å². The highest BCUT2D eigenvalue weighted by Gasteiger charge is 2.14. The van der Waals surface area contributed by atoms with Crippen LogP contribution < -0.4 is 5.32 Å². The summed E-state index contributed by atoms with van der Waals surface area (Å²) in [6.07, 6.45) is 0. The number of hydrogen-bond donors (Lipinski definition) is 4. The van der Waals surface area contributed by atoms with E-state index >= 15 is 0 Å². The van der Waals surface area contributed by atoms with Gasteiger partial charge in [-0.3, -0.25) is 4.79 Å². The number of phenols is 2. The summed E-state index contributed by atoms with van der Waals surface area (Å²) in [5, 5.41) is 30.5. The lowest BCUT2D eigenvalue weighted by molar-refractivity contribution is 0.0693. The van der Waals surface area contributed by atoms with Gasteiger partial charge in [-0.15, -0.1) is 0 Å². The smallest absolute Gasteiger partial charge is 0.339 e. The first-order valence-electron chi connectivity index (χ1n) is 6.06. The van der Waals surface area contributed by atoms with E-state index in [-0.39, 0.29) is 28.3 Å². The van der Waals surface area contributed by atoms with Gasteiger partial charge in [0.1, 0.15) is 17.1 Å². The molecule has 4 N–H and O–H groups in total. The molecular formula is C15H13NO5. The van der Waals surface area contributed by atoms with Crippen molar-refractivity contribution in [3.8, 4) is 11.5 Å². The van der Waals surface area contributed by atoms with Crippen LogP contribution in [0.5, 0.6) is 11.5 Å². The molecule has 0 fully saturated rings. The van der Waals surface area contributed by atoms with Crippen molar-refractivity contribution in [1.82, 2.24) is 0 Å². The number of aromatic hydroxyl groups is 2. The molecule has 0 aromatic heterocycles. The topological polar surface area (TPSA) is 107 Å². The molecule has 1 amide bonds. The molecule has 2 aromatic rings. The van der Waals surface area contributed by atoms with Gasteiger partial charge in [-0.25, -0.2) is 4.79 Å². The van der Waals surface area contributed by atoms with E-state index in [2.05, 4.69) is 5.32 Å². The molecule has 0 aliphatic carbocycles. The van der Waals surface area contributed by atoms with Crippen molar-refractivity contribution in [2.45, 2.75) is 6.92 Å². The Hall–Kier alpha value is -3.02. The number of phenolic OH excluding ortho intramolecular Hbond substituents is 1. The predicted octanol–water partition coefficient (Wildman–Crippen LogP) is 2.36. The predicted molar refractivity (Wildman–Crippen MR) is 75.9 cm³/mol. The lowest BCUT2D eigenvalue weighted by Crippen LogP contribution is -2.13. The molecule has 21 heavy (non-hydrogen) atoms. The SMILES string of the molecule is Cc1ccc(O)c(C(=O)Nc2ccc(O)c(C(=O)O)c2)c1. The summed E-state index contributed by atoms with van der Waals surface area (Å²) < 4.78 is 0. The van der Waals surface area contributed by atoms with Crippen LogP contribution in [0.25, 0.3) is 0 Å². The Balaban J connectivity index is 2.29. The first kappa shape index (κ1) is 14.4. The second kappa shape index (κ2) is 5.54. The van der Waals surface area contributed by atoms with Gasteiger partial charge in [0, 0.05) is 5.69 Å². The molecule has 0 radical (unpaired) electrons. The summed E-state index contributed by atoms with van der Waals surface area (Å²) in [5.41, 5.74) is 0.771. The molecule has 0 atom stereocenters. The highest BCUT2D eigenvalue weighted by molar-refractivity contribution is 6.06. The van der Waals surface area contributed by atoms with Crippen LogP contribution in [0.4, 0.5) is 5.69 Å². The van der Waals surface area contributed by atoms with Crippen LogP contribution in [-0.2, 0) is 0 Å². The normalized spacial score (nSPS) is 10.1. The molecule has 6 heteroatoms. The third kappa shape index (κ3) is 3.11. The number of hydrogen-bond acceptors (Lipinski definition) is 4. The van der Waals surface area contributed by atoms with Crippen LogP contribution in [0.15, 0.2) is 36.4 Å². The minimum absolute atomic E-state index is 0.0833. The van der Waals surface area contributed by atoms with Gasteiger partial charge in [0.05, 0.1) is 5.56 Å². The summed E-state index contributed by atoms with van der Waals surface area (Å²) in [5.74, 6) is -2.44. The number of amides is 1. The Kier molecular flexibility index (Phi) is 3.80. The Morgan fingerprint density at radius 1 is 0.952 bits per heavy atom. The number of anilines is 1. The maximum absolute atomic E-state index is 12.1. The lowest BCUT2D eigenvalue weighted by Gasteiger charge is -2.09. The van der Waals surface area contributed by atoms with E-state index in [9.17, 15) is 19.8 Å². The third-order valence-corrected chi connectivity index (χ3v) is 2.88. The first-order valence-corrected chi connectivity index (χ1v) is 6.06. The average Bonchev–Trinajstić information content (AvgIpc) is 2.43. The van der Waals surface area contributed by atoms with Crippen LogP contribution in [0.2, 0.25) is 0 Å². The van der Waals surface area contributed by atoms with Crippen molar-refractivity contribution >= 4 is 17.6 Å². The van der Waals surface area contributed by atoms with E-state index in [1.165, 1.54) is 24.3 Å². The largest absolute Gasteiger partial charge is 0.507 e. The number of nitrogens with one attached hydrogen (secondary N) is 1. The highest BCUT2D eigenvalue weighted by Crippen LogP contribution is 2.23. The van der Waals surface area contributed by atoms with Crippen LogP contribution in [0.3, 0.4) is 0 Å². The summed E-state index contributed by atoms with van der Waals surface area (Å²) in [6.45, 7) is 1.78. The molecule has 0 bridgehead atoms. The van der Waals surface area contributed by atoms with E-state index in [0.29, 0.717) is 0 Å². The third-order valence-electron chi connectivity index (χ3n) is 2.88. The molecule has 108 valence electrons. The van der Waals surface area contributed by atoms with Gasteiger partial charge in [-0.05, 0) is 37.3 Å². The van der Waals surface area contributed by atoms with Crippen molar-refractivity contribution in [2.75, 3.05) is 5.32 Å². The molecule has 0 spiro atoms. The number of aryl methyl sites for hydroxylation is 1. The monoisotopic (exact) mass is 287 g/mol. The highest BCUT2D eigenvalue weighted by atomic mass is 16.4. The molecule has 0 aliphatic heterocycles. The van der Waals surface area contributed by atoms with Crippen LogP contribution in [0, 0.1) is 6.92 Å². The maximum atomic E-state index is 12.1. The van der Waals surface area contributed by atoms with Gasteiger partial charge in [-0.1, -0.05) is 11.6 Å². The quantitative estimate of drug-likeness (QED) is 0.648. The summed E-state index contributed by atoms with van der Waals surface area (Å²) >= 11 is 0. The molecule has 0 aliphatic rings. The number of carbonyl (C=O) groups excluding carboxylic acids is 1. The van der Waals surface area contributed by atoms with Gasteiger partial charge in [0.25, 0.3) is 5.91 Å². The summed E-state index contributed by atoms with van der Waals surface area (Å²) in [7, 11) is 0. The molecule has 2 aromatic carbocycles. The van der Waals surface area contributed by atoms with Crippen molar-refractivity contribution < 1.29 is 24.9 Å². The van der Waals surface area contributed by atoms with Crippen molar-refractivity contribution in [3.63, 3.8) is 0 Å². The van der Waals surface area contributed by atoms with Gasteiger partial charge in [0.15, 0.2) is 0 Å². The van der Waals surface area contributed by atoms with Gasteiger partial charge in [-0.2, -0.15) is 0 Å².